The molecule has 0 saturated heterocycles. The van der Waals surface area contributed by atoms with E-state index in [9.17, 15) is 9.90 Å². The third kappa shape index (κ3) is 3.22. The summed E-state index contributed by atoms with van der Waals surface area (Å²) in [4.78, 5) is 19.2. The minimum atomic E-state index is -0.217. The van der Waals surface area contributed by atoms with Crippen molar-refractivity contribution in [1.82, 2.24) is 0 Å². The number of hydrogen-bond acceptors (Lipinski definition) is 4. The van der Waals surface area contributed by atoms with E-state index in [4.69, 9.17) is 4.99 Å². The number of hydrogen-bond donors (Lipinski definition) is 2. The Morgan fingerprint density at radius 1 is 0.763 bits per heavy atom. The lowest BCUT2D eigenvalue weighted by Gasteiger charge is -2.36. The molecule has 2 unspecified atom stereocenters. The maximum Gasteiger partial charge on any atom is 0.201 e. The SMILES string of the molecule is CC12CCCCC/C(=C3\C(=O)C(C4=C5\Nc6ccccc6C5(C)CCCCC\4)=C3O)C1=Nc1ccccc12. The number of para-hydroxylation sites is 2. The summed E-state index contributed by atoms with van der Waals surface area (Å²) in [5, 5.41) is 15.4. The van der Waals surface area contributed by atoms with E-state index in [0.717, 1.165) is 98.1 Å². The molecule has 0 spiro atoms. The first-order valence-electron chi connectivity index (χ1n) is 14.4. The van der Waals surface area contributed by atoms with E-state index in [1.165, 1.54) is 11.1 Å². The first-order chi connectivity index (χ1) is 18.4. The largest absolute Gasteiger partial charge is 0.506 e. The molecule has 2 aliphatic heterocycles. The Kier molecular flexibility index (Phi) is 5.34. The Morgan fingerprint density at radius 3 is 2.18 bits per heavy atom. The van der Waals surface area contributed by atoms with E-state index < -0.39 is 0 Å². The molecule has 0 bridgehead atoms. The minimum Gasteiger partial charge on any atom is -0.506 e. The number of benzene rings is 2. The molecule has 0 aromatic heterocycles. The monoisotopic (exact) mass is 504 g/mol. The van der Waals surface area contributed by atoms with Crippen LogP contribution in [0.3, 0.4) is 0 Å². The fraction of sp³-hybridized carbons (Fsp3) is 0.412. The van der Waals surface area contributed by atoms with Crippen LogP contribution in [0.2, 0.25) is 0 Å². The van der Waals surface area contributed by atoms with Crippen molar-refractivity contribution in [2.24, 2.45) is 4.99 Å². The van der Waals surface area contributed by atoms with Gasteiger partial charge in [0.15, 0.2) is 0 Å². The van der Waals surface area contributed by atoms with Crippen molar-refractivity contribution >= 4 is 22.9 Å². The number of carbonyl (C=O) groups excluding carboxylic acids is 1. The van der Waals surface area contributed by atoms with Crippen LogP contribution in [0.5, 0.6) is 0 Å². The highest BCUT2D eigenvalue weighted by Gasteiger charge is 2.48. The number of aliphatic imine (C=N–C) groups is 1. The highest BCUT2D eigenvalue weighted by molar-refractivity contribution is 6.27. The van der Waals surface area contributed by atoms with Gasteiger partial charge in [-0.1, -0.05) is 62.1 Å². The predicted molar refractivity (Wildman–Crippen MR) is 153 cm³/mol. The molecule has 1 fully saturated rings. The molecule has 194 valence electrons. The van der Waals surface area contributed by atoms with Crippen molar-refractivity contribution in [3.05, 3.63) is 93.4 Å². The van der Waals surface area contributed by atoms with Gasteiger partial charge in [0.05, 0.1) is 22.5 Å². The second kappa shape index (κ2) is 8.56. The first kappa shape index (κ1) is 23.7. The van der Waals surface area contributed by atoms with Crippen LogP contribution in [0.4, 0.5) is 11.4 Å². The summed E-state index contributed by atoms with van der Waals surface area (Å²) in [6, 6.07) is 16.9. The van der Waals surface area contributed by atoms with Crippen molar-refractivity contribution in [3.63, 3.8) is 0 Å². The zero-order valence-electron chi connectivity index (χ0n) is 22.5. The smallest absolute Gasteiger partial charge is 0.201 e. The topological polar surface area (TPSA) is 61.7 Å². The molecule has 2 N–H and O–H groups in total. The Morgan fingerprint density at radius 2 is 1.42 bits per heavy atom. The molecule has 5 aliphatic rings. The summed E-state index contributed by atoms with van der Waals surface area (Å²) < 4.78 is 0. The number of ketones is 1. The number of aliphatic hydroxyl groups is 1. The third-order valence-electron chi connectivity index (χ3n) is 9.91. The van der Waals surface area contributed by atoms with Gasteiger partial charge in [0.2, 0.25) is 5.78 Å². The minimum absolute atomic E-state index is 0.00209. The van der Waals surface area contributed by atoms with E-state index in [1.807, 2.05) is 6.07 Å². The van der Waals surface area contributed by atoms with Crippen LogP contribution in [-0.2, 0) is 15.6 Å². The van der Waals surface area contributed by atoms with Gasteiger partial charge in [-0.2, -0.15) is 0 Å². The lowest BCUT2D eigenvalue weighted by atomic mass is 9.67. The molecule has 38 heavy (non-hydrogen) atoms. The van der Waals surface area contributed by atoms with Crippen LogP contribution in [0.15, 0.2) is 87.3 Å². The zero-order chi connectivity index (χ0) is 26.1. The maximum atomic E-state index is 14.1. The molecule has 2 aromatic rings. The number of nitrogens with zero attached hydrogens (tertiary/aromatic N) is 1. The summed E-state index contributed by atoms with van der Waals surface area (Å²) in [7, 11) is 0. The number of carbonyl (C=O) groups is 1. The number of aliphatic hydroxyl groups excluding tert-OH is 1. The Hall–Kier alpha value is -3.40. The van der Waals surface area contributed by atoms with E-state index >= 15 is 0 Å². The quantitative estimate of drug-likeness (QED) is 0.384. The second-order valence-electron chi connectivity index (χ2n) is 12.2. The Balaban J connectivity index is 1.38. The van der Waals surface area contributed by atoms with Crippen LogP contribution < -0.4 is 5.32 Å². The average Bonchev–Trinajstić information content (AvgIpc) is 3.36. The molecule has 4 nitrogen and oxygen atoms in total. The van der Waals surface area contributed by atoms with Gasteiger partial charge in [0.25, 0.3) is 0 Å². The van der Waals surface area contributed by atoms with Crippen LogP contribution in [0.1, 0.15) is 89.2 Å². The zero-order valence-corrected chi connectivity index (χ0v) is 22.5. The molecular weight excluding hydrogens is 468 g/mol. The van der Waals surface area contributed by atoms with E-state index in [-0.39, 0.29) is 22.4 Å². The molecule has 2 heterocycles. The van der Waals surface area contributed by atoms with Crippen molar-refractivity contribution in [2.45, 2.75) is 88.9 Å². The molecule has 2 atom stereocenters. The Bertz CT molecular complexity index is 1510. The highest BCUT2D eigenvalue weighted by atomic mass is 16.3. The highest BCUT2D eigenvalue weighted by Crippen LogP contribution is 2.53. The van der Waals surface area contributed by atoms with Crippen LogP contribution >= 0.6 is 0 Å². The number of allylic oxidation sites excluding steroid dienone is 5. The number of rotatable bonds is 1. The van der Waals surface area contributed by atoms with E-state index in [2.05, 4.69) is 61.6 Å². The van der Waals surface area contributed by atoms with E-state index in [1.54, 1.807) is 0 Å². The van der Waals surface area contributed by atoms with Gasteiger partial charge in [-0.15, -0.1) is 0 Å². The number of Topliss-reactive ketones (excluding diaryl/α,β-unsaturated/α-hetero) is 1. The lowest BCUT2D eigenvalue weighted by Crippen LogP contribution is -2.36. The molecule has 0 amide bonds. The Labute approximate surface area is 225 Å². The fourth-order valence-corrected chi connectivity index (χ4v) is 7.82. The van der Waals surface area contributed by atoms with Crippen molar-refractivity contribution in [2.75, 3.05) is 5.32 Å². The standard InChI is InChI=1S/C34H36N2O2/c1-33-19-11-3-5-13-21(31(33)35-25-17-9-7-15-23(25)33)27-29(37)28(30(27)38)22-14-6-4-12-20-34(2)24-16-8-10-18-26(24)36-32(22)34/h7-10,15-18,35,37H,3-6,11-14,19-20H2,1-2H3/b28-22+,31-21-. The predicted octanol–water partition coefficient (Wildman–Crippen LogP) is 8.29. The lowest BCUT2D eigenvalue weighted by molar-refractivity contribution is -0.113. The molecule has 2 aromatic carbocycles. The molecule has 7 rings (SSSR count). The molecule has 0 radical (unpaired) electrons. The molecule has 4 heteroatoms. The van der Waals surface area contributed by atoms with Gasteiger partial charge in [-0.25, -0.2) is 0 Å². The van der Waals surface area contributed by atoms with Gasteiger partial charge in [-0.05, 0) is 86.8 Å². The average molecular weight is 505 g/mol. The molecule has 1 saturated carbocycles. The van der Waals surface area contributed by atoms with Gasteiger partial charge in [-0.3, -0.25) is 9.79 Å². The first-order valence-corrected chi connectivity index (χ1v) is 14.4. The van der Waals surface area contributed by atoms with E-state index in [0.29, 0.717) is 11.1 Å². The van der Waals surface area contributed by atoms with Crippen molar-refractivity contribution in [1.29, 1.82) is 0 Å². The summed E-state index contributed by atoms with van der Waals surface area (Å²) >= 11 is 0. The summed E-state index contributed by atoms with van der Waals surface area (Å²) in [6.45, 7) is 4.58. The number of nitrogens with one attached hydrogen (secondary N) is 1. The van der Waals surface area contributed by atoms with Crippen molar-refractivity contribution in [3.8, 4) is 0 Å². The van der Waals surface area contributed by atoms with Crippen LogP contribution in [0.25, 0.3) is 0 Å². The van der Waals surface area contributed by atoms with Crippen LogP contribution in [-0.4, -0.2) is 16.6 Å². The van der Waals surface area contributed by atoms with Crippen LogP contribution in [0, 0.1) is 0 Å². The third-order valence-corrected chi connectivity index (χ3v) is 9.91. The van der Waals surface area contributed by atoms with Crippen molar-refractivity contribution < 1.29 is 9.90 Å². The maximum absolute atomic E-state index is 14.1. The number of anilines is 1. The summed E-state index contributed by atoms with van der Waals surface area (Å²) in [5.74, 6) is 0.192. The summed E-state index contributed by atoms with van der Waals surface area (Å²) in [6.07, 6.45) is 10.3. The van der Waals surface area contributed by atoms with Gasteiger partial charge in [0, 0.05) is 22.2 Å². The summed E-state index contributed by atoms with van der Waals surface area (Å²) in [5.41, 5.74) is 9.46. The fourth-order valence-electron chi connectivity index (χ4n) is 7.82. The normalized spacial score (nSPS) is 32.5. The number of fused-ring (bicyclic) bond motifs is 6. The van der Waals surface area contributed by atoms with Gasteiger partial charge < -0.3 is 10.4 Å². The molecule has 3 aliphatic carbocycles. The molecular formula is C34H36N2O2. The van der Waals surface area contributed by atoms with Gasteiger partial charge >= 0.3 is 0 Å². The second-order valence-corrected chi connectivity index (χ2v) is 12.2. The van der Waals surface area contributed by atoms with Gasteiger partial charge in [0.1, 0.15) is 5.76 Å².